The van der Waals surface area contributed by atoms with Gasteiger partial charge in [-0.25, -0.2) is 0 Å². The molecule has 1 aliphatic heterocycles. The molecule has 78 valence electrons. The lowest BCUT2D eigenvalue weighted by atomic mass is 10.1. The first-order valence-corrected chi connectivity index (χ1v) is 4.60. The van der Waals surface area contributed by atoms with Gasteiger partial charge in [0.05, 0.1) is 26.6 Å². The second-order valence-electron chi connectivity index (χ2n) is 3.58. The highest BCUT2D eigenvalue weighted by atomic mass is 16.6. The number of allylic oxidation sites excluding steroid dienone is 1. The minimum Gasteiger partial charge on any atom is -0.504 e. The van der Waals surface area contributed by atoms with E-state index < -0.39 is 5.60 Å². The van der Waals surface area contributed by atoms with Gasteiger partial charge in [-0.1, -0.05) is 11.8 Å². The molecule has 1 unspecified atom stereocenters. The molecule has 0 aromatic heterocycles. The van der Waals surface area contributed by atoms with Crippen molar-refractivity contribution < 1.29 is 14.2 Å². The van der Waals surface area contributed by atoms with Crippen molar-refractivity contribution in [3.8, 4) is 11.8 Å². The molecule has 1 saturated heterocycles. The van der Waals surface area contributed by atoms with Crippen LogP contribution in [-0.2, 0) is 14.2 Å². The Morgan fingerprint density at radius 1 is 1.57 bits per heavy atom. The molecule has 0 spiro atoms. The number of hydrogen-bond donors (Lipinski definition) is 0. The van der Waals surface area contributed by atoms with Crippen LogP contribution in [0, 0.1) is 11.8 Å². The Balaban J connectivity index is 2.28. The molecule has 0 amide bonds. The Hall–Kier alpha value is -0.980. The fourth-order valence-electron chi connectivity index (χ4n) is 0.819. The highest BCUT2D eigenvalue weighted by molar-refractivity contribution is 5.20. The molecule has 1 atom stereocenters. The van der Waals surface area contributed by atoms with Gasteiger partial charge in [-0.3, -0.25) is 0 Å². The van der Waals surface area contributed by atoms with Gasteiger partial charge in [0.1, 0.15) is 11.7 Å². The van der Waals surface area contributed by atoms with Crippen LogP contribution >= 0.6 is 0 Å². The van der Waals surface area contributed by atoms with Crippen LogP contribution in [-0.4, -0.2) is 32.0 Å². The third kappa shape index (κ3) is 4.90. The normalized spacial score (nSPS) is 20.4. The average molecular weight is 196 g/mol. The van der Waals surface area contributed by atoms with Crippen LogP contribution in [0.25, 0.3) is 0 Å². The highest BCUT2D eigenvalue weighted by Crippen LogP contribution is 2.14. The lowest BCUT2D eigenvalue weighted by Gasteiger charge is -2.17. The van der Waals surface area contributed by atoms with E-state index in [1.54, 1.807) is 13.2 Å². The van der Waals surface area contributed by atoms with Crippen LogP contribution in [0.2, 0.25) is 0 Å². The Bertz CT molecular complexity index is 253. The minimum atomic E-state index is -0.427. The topological polar surface area (TPSA) is 31.0 Å². The first-order chi connectivity index (χ1) is 6.64. The number of ether oxygens (including phenoxy) is 3. The second-order valence-corrected chi connectivity index (χ2v) is 3.58. The zero-order valence-corrected chi connectivity index (χ0v) is 8.87. The smallest absolute Gasteiger partial charge is 0.123 e. The SMILES string of the molecule is CO/C=C/C#CC(C)(C)OCC1CO1. The predicted octanol–water partition coefficient (Wildman–Crippen LogP) is 1.34. The van der Waals surface area contributed by atoms with E-state index in [9.17, 15) is 0 Å². The van der Waals surface area contributed by atoms with Crippen LogP contribution in [0.5, 0.6) is 0 Å². The number of rotatable bonds is 4. The number of epoxide rings is 1. The molecule has 0 aromatic carbocycles. The molecule has 0 N–H and O–H groups in total. The highest BCUT2D eigenvalue weighted by Gasteiger charge is 2.26. The summed E-state index contributed by atoms with van der Waals surface area (Å²) in [5.74, 6) is 5.83. The third-order valence-electron chi connectivity index (χ3n) is 1.69. The maximum atomic E-state index is 5.56. The van der Waals surface area contributed by atoms with E-state index in [4.69, 9.17) is 14.2 Å². The van der Waals surface area contributed by atoms with E-state index in [1.807, 2.05) is 13.8 Å². The molecule has 1 heterocycles. The fraction of sp³-hybridized carbons (Fsp3) is 0.636. The average Bonchev–Trinajstić information content (AvgIpc) is 2.93. The fourth-order valence-corrected chi connectivity index (χ4v) is 0.819. The zero-order chi connectivity index (χ0) is 10.4. The summed E-state index contributed by atoms with van der Waals surface area (Å²) < 4.78 is 15.3. The van der Waals surface area contributed by atoms with E-state index in [2.05, 4.69) is 11.8 Å². The first kappa shape index (κ1) is 11.1. The van der Waals surface area contributed by atoms with Gasteiger partial charge in [0, 0.05) is 6.08 Å². The minimum absolute atomic E-state index is 0.283. The van der Waals surface area contributed by atoms with E-state index in [1.165, 1.54) is 6.26 Å². The number of methoxy groups -OCH3 is 1. The van der Waals surface area contributed by atoms with Crippen LogP contribution < -0.4 is 0 Å². The molecule has 14 heavy (non-hydrogen) atoms. The Labute approximate surface area is 85.0 Å². The van der Waals surface area contributed by atoms with Crippen molar-refractivity contribution in [2.45, 2.75) is 25.6 Å². The van der Waals surface area contributed by atoms with Crippen LogP contribution in [0.4, 0.5) is 0 Å². The summed E-state index contributed by atoms with van der Waals surface area (Å²) in [6.07, 6.45) is 3.47. The maximum absolute atomic E-state index is 5.56. The lowest BCUT2D eigenvalue weighted by Crippen LogP contribution is -2.24. The van der Waals surface area contributed by atoms with Gasteiger partial charge in [0.15, 0.2) is 0 Å². The molecule has 0 aromatic rings. The Morgan fingerprint density at radius 3 is 2.86 bits per heavy atom. The summed E-state index contributed by atoms with van der Waals surface area (Å²) in [5.41, 5.74) is -0.427. The van der Waals surface area contributed by atoms with Gasteiger partial charge >= 0.3 is 0 Å². The molecule has 0 bridgehead atoms. The van der Waals surface area contributed by atoms with E-state index in [0.717, 1.165) is 6.61 Å². The number of hydrogen-bond acceptors (Lipinski definition) is 3. The van der Waals surface area contributed by atoms with Crippen molar-refractivity contribution in [2.24, 2.45) is 0 Å². The zero-order valence-electron chi connectivity index (χ0n) is 8.87. The summed E-state index contributed by atoms with van der Waals surface area (Å²) in [6.45, 7) is 5.30. The predicted molar refractivity (Wildman–Crippen MR) is 53.7 cm³/mol. The van der Waals surface area contributed by atoms with Crippen molar-refractivity contribution in [1.82, 2.24) is 0 Å². The van der Waals surface area contributed by atoms with Gasteiger partial charge in [0.2, 0.25) is 0 Å². The van der Waals surface area contributed by atoms with E-state index in [0.29, 0.717) is 6.61 Å². The molecule has 0 saturated carbocycles. The summed E-state index contributed by atoms with van der Waals surface area (Å²) in [5, 5.41) is 0. The monoisotopic (exact) mass is 196 g/mol. The standard InChI is InChI=1S/C11H16O3/c1-11(2,6-4-5-7-12-3)14-9-10-8-13-10/h5,7,10H,8-9H2,1-3H3/b7-5+. The molecule has 0 radical (unpaired) electrons. The van der Waals surface area contributed by atoms with Gasteiger partial charge < -0.3 is 14.2 Å². The van der Waals surface area contributed by atoms with Crippen LogP contribution in [0.15, 0.2) is 12.3 Å². The van der Waals surface area contributed by atoms with Gasteiger partial charge in [-0.15, -0.1) is 0 Å². The quantitative estimate of drug-likeness (QED) is 0.386. The Kier molecular flexibility index (Phi) is 3.99. The van der Waals surface area contributed by atoms with Gasteiger partial charge in [-0.2, -0.15) is 0 Å². The molecule has 1 fully saturated rings. The van der Waals surface area contributed by atoms with Crippen LogP contribution in [0.3, 0.4) is 0 Å². The third-order valence-corrected chi connectivity index (χ3v) is 1.69. The van der Waals surface area contributed by atoms with Crippen molar-refractivity contribution in [2.75, 3.05) is 20.3 Å². The van der Waals surface area contributed by atoms with Crippen molar-refractivity contribution >= 4 is 0 Å². The van der Waals surface area contributed by atoms with E-state index in [-0.39, 0.29) is 6.10 Å². The summed E-state index contributed by atoms with van der Waals surface area (Å²) in [4.78, 5) is 0. The largest absolute Gasteiger partial charge is 0.504 e. The second kappa shape index (κ2) is 5.04. The maximum Gasteiger partial charge on any atom is 0.123 e. The van der Waals surface area contributed by atoms with Crippen LogP contribution in [0.1, 0.15) is 13.8 Å². The van der Waals surface area contributed by atoms with E-state index >= 15 is 0 Å². The van der Waals surface area contributed by atoms with Crippen molar-refractivity contribution in [1.29, 1.82) is 0 Å². The van der Waals surface area contributed by atoms with Gasteiger partial charge in [0.25, 0.3) is 0 Å². The molecule has 0 aliphatic carbocycles. The molecule has 1 aliphatic rings. The summed E-state index contributed by atoms with van der Waals surface area (Å²) >= 11 is 0. The first-order valence-electron chi connectivity index (χ1n) is 4.60. The molecule has 3 heteroatoms. The molecular weight excluding hydrogens is 180 g/mol. The lowest BCUT2D eigenvalue weighted by molar-refractivity contribution is 0.0178. The summed E-state index contributed by atoms with van der Waals surface area (Å²) in [7, 11) is 1.59. The van der Waals surface area contributed by atoms with Crippen molar-refractivity contribution in [3.05, 3.63) is 12.3 Å². The summed E-state index contributed by atoms with van der Waals surface area (Å²) in [6, 6.07) is 0. The molecule has 1 rings (SSSR count). The Morgan fingerprint density at radius 2 is 2.29 bits per heavy atom. The van der Waals surface area contributed by atoms with Crippen molar-refractivity contribution in [3.63, 3.8) is 0 Å². The molecule has 3 nitrogen and oxygen atoms in total. The van der Waals surface area contributed by atoms with Gasteiger partial charge in [-0.05, 0) is 13.8 Å². The molecular formula is C11H16O3.